The van der Waals surface area contributed by atoms with Crippen molar-refractivity contribution < 1.29 is 4.74 Å². The molecule has 0 spiro atoms. The average Bonchev–Trinajstić information content (AvgIpc) is 3.25. The lowest BCUT2D eigenvalue weighted by atomic mass is 9.94. The second-order valence-corrected chi connectivity index (χ2v) is 6.26. The normalized spacial score (nSPS) is 17.5. The van der Waals surface area contributed by atoms with Crippen LogP contribution >= 0.6 is 9.39 Å². The Morgan fingerprint density at radius 1 is 1.35 bits per heavy atom. The van der Waals surface area contributed by atoms with Gasteiger partial charge < -0.3 is 9.41 Å². The van der Waals surface area contributed by atoms with E-state index in [-0.39, 0.29) is 0 Å². The molecule has 0 bridgehead atoms. The molecule has 0 aliphatic carbocycles. The fourth-order valence-electron chi connectivity index (χ4n) is 2.97. The monoisotopic (exact) mass is 287 g/mol. The fourth-order valence-corrected chi connectivity index (χ4v) is 3.48. The molecule has 2 atom stereocenters. The molecule has 1 fully saturated rings. The van der Waals surface area contributed by atoms with Crippen molar-refractivity contribution in [3.63, 3.8) is 0 Å². The number of benzene rings is 2. The zero-order valence-corrected chi connectivity index (χ0v) is 13.6. The summed E-state index contributed by atoms with van der Waals surface area (Å²) in [6.07, 6.45) is 1.48. The lowest BCUT2D eigenvalue weighted by Crippen LogP contribution is -2.17. The van der Waals surface area contributed by atoms with E-state index in [4.69, 9.17) is 4.74 Å². The molecule has 2 aromatic carbocycles. The van der Waals surface area contributed by atoms with Crippen LogP contribution in [0.4, 0.5) is 5.69 Å². The van der Waals surface area contributed by atoms with Gasteiger partial charge in [-0.25, -0.2) is 0 Å². The first-order valence-corrected chi connectivity index (χ1v) is 7.79. The summed E-state index contributed by atoms with van der Waals surface area (Å²) in [5, 5.41) is 2.81. The average molecular weight is 287 g/mol. The second kappa shape index (κ2) is 5.35. The van der Waals surface area contributed by atoms with E-state index >= 15 is 0 Å². The highest BCUT2D eigenvalue weighted by Crippen LogP contribution is 2.35. The van der Waals surface area contributed by atoms with E-state index < -0.39 is 0 Å². The topological polar surface area (TPSA) is 15.8 Å². The van der Waals surface area contributed by atoms with Crippen LogP contribution in [0.15, 0.2) is 24.3 Å². The zero-order valence-electron chi connectivity index (χ0n) is 12.4. The first kappa shape index (κ1) is 13.9. The van der Waals surface area contributed by atoms with Gasteiger partial charge in [-0.3, -0.25) is 0 Å². The maximum atomic E-state index is 5.35. The fraction of sp³-hybridized carbons (Fsp3) is 0.412. The van der Waals surface area contributed by atoms with Gasteiger partial charge in [0.15, 0.2) is 0 Å². The number of aryl methyl sites for hydroxylation is 3. The van der Waals surface area contributed by atoms with Crippen LogP contribution in [-0.4, -0.2) is 19.3 Å². The maximum absolute atomic E-state index is 5.35. The minimum absolute atomic E-state index is 0.407. The molecule has 0 N–H and O–H groups in total. The summed E-state index contributed by atoms with van der Waals surface area (Å²) in [7, 11) is 2.85. The summed E-state index contributed by atoms with van der Waals surface area (Å²) >= 11 is 0. The van der Waals surface area contributed by atoms with Crippen LogP contribution in [0.1, 0.15) is 23.6 Å². The maximum Gasteiger partial charge on any atom is 0.0987 e. The van der Waals surface area contributed by atoms with Crippen molar-refractivity contribution in [2.75, 3.05) is 17.8 Å². The standard InChI is InChI=1S/C17H22NOP/c1-4-13-6-5-7-15-11(2)8-16(12(3)17(13)15)18(20)9-14-10-19-14/h5-8,14H,4,9-10,20H2,1-3H3/t14-/m0/s1. The molecule has 0 saturated carbocycles. The van der Waals surface area contributed by atoms with Gasteiger partial charge in [0.1, 0.15) is 0 Å². The van der Waals surface area contributed by atoms with Gasteiger partial charge in [-0.2, -0.15) is 0 Å². The molecule has 1 aliphatic heterocycles. The Morgan fingerprint density at radius 2 is 2.10 bits per heavy atom. The van der Waals surface area contributed by atoms with Gasteiger partial charge in [-0.05, 0) is 63.2 Å². The van der Waals surface area contributed by atoms with Gasteiger partial charge in [-0.15, -0.1) is 0 Å². The van der Waals surface area contributed by atoms with Crippen molar-refractivity contribution in [1.29, 1.82) is 0 Å². The number of hydrogen-bond donors (Lipinski definition) is 0. The molecule has 0 amide bonds. The van der Waals surface area contributed by atoms with E-state index in [0.29, 0.717) is 6.10 Å². The molecule has 106 valence electrons. The van der Waals surface area contributed by atoms with Gasteiger partial charge in [-0.1, -0.05) is 25.1 Å². The van der Waals surface area contributed by atoms with Crippen LogP contribution in [0.5, 0.6) is 0 Å². The lowest BCUT2D eigenvalue weighted by Gasteiger charge is -2.23. The Hall–Kier alpha value is -1.11. The van der Waals surface area contributed by atoms with Crippen LogP contribution in [0.2, 0.25) is 0 Å². The van der Waals surface area contributed by atoms with Crippen molar-refractivity contribution in [2.24, 2.45) is 0 Å². The Morgan fingerprint density at radius 3 is 2.75 bits per heavy atom. The molecule has 1 saturated heterocycles. The van der Waals surface area contributed by atoms with Crippen molar-refractivity contribution in [3.8, 4) is 0 Å². The molecule has 0 aromatic heterocycles. The minimum atomic E-state index is 0.407. The molecule has 1 heterocycles. The van der Waals surface area contributed by atoms with E-state index in [9.17, 15) is 0 Å². The number of anilines is 1. The number of hydrogen-bond acceptors (Lipinski definition) is 2. The smallest absolute Gasteiger partial charge is 0.0987 e. The van der Waals surface area contributed by atoms with Crippen molar-refractivity contribution >= 4 is 25.9 Å². The number of epoxide rings is 1. The predicted molar refractivity (Wildman–Crippen MR) is 89.6 cm³/mol. The van der Waals surface area contributed by atoms with Crippen LogP contribution < -0.4 is 4.67 Å². The molecule has 3 rings (SSSR count). The zero-order chi connectivity index (χ0) is 14.3. The first-order chi connectivity index (χ1) is 9.61. The van der Waals surface area contributed by atoms with E-state index in [2.05, 4.69) is 59.1 Å². The Kier molecular flexibility index (Phi) is 3.70. The third-order valence-electron chi connectivity index (χ3n) is 4.18. The van der Waals surface area contributed by atoms with Crippen molar-refractivity contribution in [1.82, 2.24) is 0 Å². The summed E-state index contributed by atoms with van der Waals surface area (Å²) in [6, 6.07) is 8.95. The van der Waals surface area contributed by atoms with E-state index in [0.717, 1.165) is 19.6 Å². The third-order valence-corrected chi connectivity index (χ3v) is 4.67. The summed E-state index contributed by atoms with van der Waals surface area (Å²) < 4.78 is 7.60. The van der Waals surface area contributed by atoms with Crippen LogP contribution in [0.3, 0.4) is 0 Å². The second-order valence-electron chi connectivity index (χ2n) is 5.64. The van der Waals surface area contributed by atoms with Crippen molar-refractivity contribution in [3.05, 3.63) is 41.0 Å². The molecular formula is C17H22NOP. The Balaban J connectivity index is 2.15. The van der Waals surface area contributed by atoms with Gasteiger partial charge in [0.25, 0.3) is 0 Å². The quantitative estimate of drug-likeness (QED) is 0.623. The number of ether oxygens (including phenoxy) is 1. The lowest BCUT2D eigenvalue weighted by molar-refractivity contribution is 0.413. The molecular weight excluding hydrogens is 265 g/mol. The van der Waals surface area contributed by atoms with Gasteiger partial charge >= 0.3 is 0 Å². The highest BCUT2D eigenvalue weighted by molar-refractivity contribution is 7.19. The molecule has 3 heteroatoms. The summed E-state index contributed by atoms with van der Waals surface area (Å²) in [5.41, 5.74) is 5.46. The predicted octanol–water partition coefficient (Wildman–Crippen LogP) is 4.01. The van der Waals surface area contributed by atoms with Gasteiger partial charge in [0.05, 0.1) is 12.7 Å². The highest BCUT2D eigenvalue weighted by Gasteiger charge is 2.25. The number of nitrogens with zero attached hydrogens (tertiary/aromatic N) is 1. The number of rotatable bonds is 4. The SMILES string of the molecule is CCc1cccc2c(C)cc(N(P)C[C@H]3CO3)c(C)c12. The highest BCUT2D eigenvalue weighted by atomic mass is 31.0. The van der Waals surface area contributed by atoms with E-state index in [1.807, 2.05) is 0 Å². The Bertz CT molecular complexity index is 649. The molecule has 2 aromatic rings. The molecule has 2 nitrogen and oxygen atoms in total. The molecule has 20 heavy (non-hydrogen) atoms. The molecule has 0 radical (unpaired) electrons. The Labute approximate surface area is 123 Å². The summed E-state index contributed by atoms with van der Waals surface area (Å²) in [4.78, 5) is 0. The third kappa shape index (κ3) is 2.43. The van der Waals surface area contributed by atoms with Gasteiger partial charge in [0, 0.05) is 12.2 Å². The number of fused-ring (bicyclic) bond motifs is 1. The largest absolute Gasteiger partial charge is 0.371 e. The van der Waals surface area contributed by atoms with E-state index in [1.54, 1.807) is 0 Å². The molecule has 1 unspecified atom stereocenters. The van der Waals surface area contributed by atoms with Crippen LogP contribution in [0, 0.1) is 13.8 Å². The first-order valence-electron chi connectivity index (χ1n) is 7.27. The van der Waals surface area contributed by atoms with Gasteiger partial charge in [0.2, 0.25) is 0 Å². The molecule has 1 aliphatic rings. The minimum Gasteiger partial charge on any atom is -0.371 e. The van der Waals surface area contributed by atoms with E-state index in [1.165, 1.54) is 33.2 Å². The van der Waals surface area contributed by atoms with Crippen molar-refractivity contribution in [2.45, 2.75) is 33.3 Å². The summed E-state index contributed by atoms with van der Waals surface area (Å²) in [6.45, 7) is 8.52. The summed E-state index contributed by atoms with van der Waals surface area (Å²) in [5.74, 6) is 0. The van der Waals surface area contributed by atoms with Crippen LogP contribution in [0.25, 0.3) is 10.8 Å². The van der Waals surface area contributed by atoms with Crippen LogP contribution in [-0.2, 0) is 11.2 Å².